The second-order valence-electron chi connectivity index (χ2n) is 4.08. The van der Waals surface area contributed by atoms with Gasteiger partial charge in [-0.3, -0.25) is 9.48 Å². The Morgan fingerprint density at radius 1 is 1.45 bits per heavy atom. The summed E-state index contributed by atoms with van der Waals surface area (Å²) in [4.78, 5) is 16.8. The Balaban J connectivity index is 1.68. The highest BCUT2D eigenvalue weighted by Gasteiger charge is 2.12. The minimum Gasteiger partial charge on any atom is -0.346 e. The van der Waals surface area contributed by atoms with E-state index in [4.69, 9.17) is 0 Å². The second kappa shape index (κ2) is 5.21. The molecule has 8 nitrogen and oxygen atoms in total. The molecule has 2 N–H and O–H groups in total. The molecule has 0 atom stereocenters. The molecule has 3 rings (SSSR count). The van der Waals surface area contributed by atoms with Gasteiger partial charge < -0.3 is 5.32 Å². The molecule has 3 heterocycles. The number of thiazole rings is 1. The van der Waals surface area contributed by atoms with Gasteiger partial charge in [0.05, 0.1) is 25.1 Å². The van der Waals surface area contributed by atoms with Crippen molar-refractivity contribution < 1.29 is 4.79 Å². The number of carbonyl (C=O) groups excluding carboxylic acids is 1. The number of hydrogen-bond acceptors (Lipinski definition) is 6. The molecule has 0 unspecified atom stereocenters. The number of nitrogens with zero attached hydrogens (tertiary/aromatic N) is 5. The average Bonchev–Trinajstić information content (AvgIpc) is 3.16. The summed E-state index contributed by atoms with van der Waals surface area (Å²) in [6.07, 6.45) is 6.70. The van der Waals surface area contributed by atoms with Crippen LogP contribution in [0.4, 0.5) is 0 Å². The molecule has 0 radical (unpaired) electrons. The van der Waals surface area contributed by atoms with E-state index >= 15 is 0 Å². The Morgan fingerprint density at radius 3 is 3.05 bits per heavy atom. The molecular formula is C11H11N7OS. The fraction of sp³-hybridized carbons (Fsp3) is 0.182. The van der Waals surface area contributed by atoms with Crippen LogP contribution in [0.5, 0.6) is 0 Å². The van der Waals surface area contributed by atoms with Gasteiger partial charge in [-0.15, -0.1) is 11.3 Å². The molecule has 9 heteroatoms. The molecular weight excluding hydrogens is 278 g/mol. The van der Waals surface area contributed by atoms with Crippen LogP contribution in [-0.4, -0.2) is 36.1 Å². The molecule has 0 saturated heterocycles. The monoisotopic (exact) mass is 289 g/mol. The van der Waals surface area contributed by atoms with Crippen molar-refractivity contribution >= 4 is 17.2 Å². The summed E-state index contributed by atoms with van der Waals surface area (Å²) >= 11 is 1.32. The first-order valence-electron chi connectivity index (χ1n) is 5.80. The van der Waals surface area contributed by atoms with Gasteiger partial charge in [-0.05, 0) is 0 Å². The summed E-state index contributed by atoms with van der Waals surface area (Å²) in [5.41, 5.74) is 1.57. The number of aromatic amines is 1. The van der Waals surface area contributed by atoms with Crippen LogP contribution in [0.15, 0.2) is 24.8 Å². The molecule has 0 aliphatic carbocycles. The number of carbonyl (C=O) groups is 1. The summed E-state index contributed by atoms with van der Waals surface area (Å²) in [6, 6.07) is 0. The highest BCUT2D eigenvalue weighted by molar-refractivity contribution is 7.16. The third-order valence-corrected chi connectivity index (χ3v) is 3.62. The topological polar surface area (TPSA) is 101 Å². The molecule has 0 spiro atoms. The Hall–Kier alpha value is -2.55. The standard InChI is InChI=1S/C11H11N7OS/c1-18-6-7(2-15-18)11-13-5-9(20-11)10(19)12-3-8-4-14-17-16-8/h2,4-6H,3H2,1H3,(H,12,19)(H,14,16,17). The maximum absolute atomic E-state index is 12.0. The lowest BCUT2D eigenvalue weighted by Gasteiger charge is -1.98. The maximum Gasteiger partial charge on any atom is 0.263 e. The predicted molar refractivity (Wildman–Crippen MR) is 71.9 cm³/mol. The van der Waals surface area contributed by atoms with Crippen LogP contribution in [0, 0.1) is 0 Å². The van der Waals surface area contributed by atoms with Crippen molar-refractivity contribution in [1.29, 1.82) is 0 Å². The molecule has 1 amide bonds. The van der Waals surface area contributed by atoms with Gasteiger partial charge in [-0.2, -0.15) is 20.5 Å². The lowest BCUT2D eigenvalue weighted by Crippen LogP contribution is -2.21. The Morgan fingerprint density at radius 2 is 2.35 bits per heavy atom. The fourth-order valence-electron chi connectivity index (χ4n) is 1.61. The number of aromatic nitrogens is 6. The van der Waals surface area contributed by atoms with Gasteiger partial charge in [0.1, 0.15) is 15.6 Å². The van der Waals surface area contributed by atoms with Gasteiger partial charge >= 0.3 is 0 Å². The zero-order valence-corrected chi connectivity index (χ0v) is 11.4. The number of aryl methyl sites for hydroxylation is 1. The first-order chi connectivity index (χ1) is 9.72. The van der Waals surface area contributed by atoms with Crippen LogP contribution in [0.3, 0.4) is 0 Å². The number of amides is 1. The van der Waals surface area contributed by atoms with Gasteiger partial charge in [0.2, 0.25) is 0 Å². The number of hydrogen-bond donors (Lipinski definition) is 2. The van der Waals surface area contributed by atoms with Crippen molar-refractivity contribution in [2.24, 2.45) is 7.05 Å². The summed E-state index contributed by atoms with van der Waals surface area (Å²) in [5.74, 6) is -0.180. The lowest BCUT2D eigenvalue weighted by atomic mass is 10.4. The first kappa shape index (κ1) is 12.5. The van der Waals surface area contributed by atoms with Gasteiger partial charge in [0, 0.05) is 18.8 Å². The fourth-order valence-corrected chi connectivity index (χ4v) is 2.42. The molecule has 0 bridgehead atoms. The first-order valence-corrected chi connectivity index (χ1v) is 6.62. The van der Waals surface area contributed by atoms with Crippen molar-refractivity contribution in [2.45, 2.75) is 6.54 Å². The van der Waals surface area contributed by atoms with E-state index in [-0.39, 0.29) is 5.91 Å². The number of nitrogens with one attached hydrogen (secondary N) is 2. The van der Waals surface area contributed by atoms with Crippen molar-refractivity contribution in [2.75, 3.05) is 0 Å². The highest BCUT2D eigenvalue weighted by Crippen LogP contribution is 2.24. The minimum absolute atomic E-state index is 0.180. The van der Waals surface area contributed by atoms with Crippen molar-refractivity contribution in [3.05, 3.63) is 35.4 Å². The van der Waals surface area contributed by atoms with Crippen LogP contribution in [0.1, 0.15) is 15.4 Å². The normalized spacial score (nSPS) is 10.7. The van der Waals surface area contributed by atoms with Gasteiger partial charge in [0.25, 0.3) is 5.91 Å². The zero-order valence-electron chi connectivity index (χ0n) is 10.6. The molecule has 0 aliphatic rings. The van der Waals surface area contributed by atoms with Crippen LogP contribution < -0.4 is 5.32 Å². The smallest absolute Gasteiger partial charge is 0.263 e. The molecule has 102 valence electrons. The van der Waals surface area contributed by atoms with Crippen LogP contribution in [0.2, 0.25) is 0 Å². The average molecular weight is 289 g/mol. The van der Waals surface area contributed by atoms with Gasteiger partial charge in [-0.25, -0.2) is 4.98 Å². The van der Waals surface area contributed by atoms with Crippen molar-refractivity contribution in [3.8, 4) is 10.6 Å². The number of rotatable bonds is 4. The van der Waals surface area contributed by atoms with E-state index in [1.807, 2.05) is 13.2 Å². The molecule has 0 fully saturated rings. The van der Waals surface area contributed by atoms with E-state index in [0.29, 0.717) is 17.1 Å². The molecule has 20 heavy (non-hydrogen) atoms. The predicted octanol–water partition coefficient (Wildman–Crippen LogP) is 0.592. The third kappa shape index (κ3) is 2.57. The molecule has 0 saturated carbocycles. The van der Waals surface area contributed by atoms with Crippen LogP contribution in [-0.2, 0) is 13.6 Å². The summed E-state index contributed by atoms with van der Waals surface area (Å²) in [7, 11) is 1.84. The lowest BCUT2D eigenvalue weighted by molar-refractivity contribution is 0.0954. The second-order valence-corrected chi connectivity index (χ2v) is 5.11. The molecule has 0 aliphatic heterocycles. The Bertz CT molecular complexity index is 715. The third-order valence-electron chi connectivity index (χ3n) is 2.58. The summed E-state index contributed by atoms with van der Waals surface area (Å²) < 4.78 is 1.70. The van der Waals surface area contributed by atoms with Crippen LogP contribution >= 0.6 is 11.3 Å². The van der Waals surface area contributed by atoms with Crippen LogP contribution in [0.25, 0.3) is 10.6 Å². The van der Waals surface area contributed by atoms with Gasteiger partial charge in [0.15, 0.2) is 0 Å². The van der Waals surface area contributed by atoms with E-state index in [0.717, 1.165) is 10.6 Å². The molecule has 3 aromatic rings. The Kier molecular flexibility index (Phi) is 3.25. The van der Waals surface area contributed by atoms with E-state index in [1.165, 1.54) is 11.3 Å². The molecule has 3 aromatic heterocycles. The quantitative estimate of drug-likeness (QED) is 0.732. The van der Waals surface area contributed by atoms with E-state index in [9.17, 15) is 4.79 Å². The summed E-state index contributed by atoms with van der Waals surface area (Å²) in [5, 5.41) is 17.6. The minimum atomic E-state index is -0.180. The maximum atomic E-state index is 12.0. The van der Waals surface area contributed by atoms with Gasteiger partial charge in [-0.1, -0.05) is 0 Å². The van der Waals surface area contributed by atoms with Crippen molar-refractivity contribution in [1.82, 2.24) is 35.5 Å². The van der Waals surface area contributed by atoms with Crippen molar-refractivity contribution in [3.63, 3.8) is 0 Å². The number of H-pyrrole nitrogens is 1. The highest BCUT2D eigenvalue weighted by atomic mass is 32.1. The molecule has 0 aromatic carbocycles. The zero-order chi connectivity index (χ0) is 13.9. The van der Waals surface area contributed by atoms with E-state index in [1.54, 1.807) is 23.3 Å². The Labute approximate surface area is 117 Å². The van der Waals surface area contributed by atoms with E-state index in [2.05, 4.69) is 30.8 Å². The SMILES string of the molecule is Cn1cc(-c2ncc(C(=O)NCc3cn[nH]n3)s2)cn1. The van der Waals surface area contributed by atoms with E-state index < -0.39 is 0 Å². The summed E-state index contributed by atoms with van der Waals surface area (Å²) in [6.45, 7) is 0.329. The largest absolute Gasteiger partial charge is 0.346 e.